The van der Waals surface area contributed by atoms with E-state index in [9.17, 15) is 9.59 Å². The van der Waals surface area contributed by atoms with Crippen molar-refractivity contribution in [2.24, 2.45) is 5.92 Å². The van der Waals surface area contributed by atoms with E-state index in [0.717, 1.165) is 4.88 Å². The molecule has 1 saturated heterocycles. The molecule has 0 bridgehead atoms. The van der Waals surface area contributed by atoms with Crippen LogP contribution >= 0.6 is 11.3 Å². The Morgan fingerprint density at radius 2 is 2.39 bits per heavy atom. The van der Waals surface area contributed by atoms with E-state index in [1.165, 1.54) is 16.2 Å². The molecule has 1 atom stereocenters. The molecule has 1 N–H and O–H groups in total. The van der Waals surface area contributed by atoms with Crippen LogP contribution in [0.3, 0.4) is 0 Å². The first kappa shape index (κ1) is 12.9. The predicted molar refractivity (Wildman–Crippen MR) is 66.4 cm³/mol. The third-order valence-electron chi connectivity index (χ3n) is 2.95. The van der Waals surface area contributed by atoms with Gasteiger partial charge in [-0.05, 0) is 24.3 Å². The van der Waals surface area contributed by atoms with Gasteiger partial charge in [0.2, 0.25) is 0 Å². The Kier molecular flexibility index (Phi) is 4.19. The van der Waals surface area contributed by atoms with Crippen LogP contribution in [0.4, 0.5) is 4.79 Å². The van der Waals surface area contributed by atoms with Crippen LogP contribution < -0.4 is 0 Å². The minimum absolute atomic E-state index is 0.249. The molecule has 1 aromatic rings. The lowest BCUT2D eigenvalue weighted by Gasteiger charge is -2.29. The van der Waals surface area contributed by atoms with Crippen molar-refractivity contribution in [2.75, 3.05) is 13.1 Å². The highest BCUT2D eigenvalue weighted by molar-refractivity contribution is 7.09. The molecule has 2 rings (SSSR count). The summed E-state index contributed by atoms with van der Waals surface area (Å²) in [6.07, 6.45) is 0.920. The fraction of sp³-hybridized carbons (Fsp3) is 0.500. The Bertz CT molecular complexity index is 418. The largest absolute Gasteiger partial charge is 0.481 e. The van der Waals surface area contributed by atoms with Crippen molar-refractivity contribution < 1.29 is 19.4 Å². The number of nitrogens with zero attached hydrogens (tertiary/aromatic N) is 1. The molecule has 5 nitrogen and oxygen atoms in total. The lowest BCUT2D eigenvalue weighted by atomic mass is 9.99. The van der Waals surface area contributed by atoms with Gasteiger partial charge in [0.05, 0.1) is 5.92 Å². The SMILES string of the molecule is O=C(O)C1CCCN(C(=O)OCc2cccs2)C1. The maximum Gasteiger partial charge on any atom is 0.410 e. The van der Waals surface area contributed by atoms with Crippen LogP contribution in [0, 0.1) is 5.92 Å². The van der Waals surface area contributed by atoms with Gasteiger partial charge in [-0.3, -0.25) is 4.79 Å². The van der Waals surface area contributed by atoms with Crippen molar-refractivity contribution in [3.63, 3.8) is 0 Å². The van der Waals surface area contributed by atoms with Crippen molar-refractivity contribution in [3.8, 4) is 0 Å². The molecule has 0 saturated carbocycles. The first-order chi connectivity index (χ1) is 8.66. The molecule has 6 heteroatoms. The third kappa shape index (κ3) is 3.22. The zero-order valence-corrected chi connectivity index (χ0v) is 10.7. The van der Waals surface area contributed by atoms with Crippen LogP contribution in [-0.2, 0) is 16.1 Å². The number of piperidine rings is 1. The number of rotatable bonds is 3. The van der Waals surface area contributed by atoms with Gasteiger partial charge in [-0.1, -0.05) is 6.07 Å². The maximum atomic E-state index is 11.8. The minimum atomic E-state index is -0.842. The summed E-state index contributed by atoms with van der Waals surface area (Å²) in [5.74, 6) is -1.31. The molecular formula is C12H15NO4S. The number of aliphatic carboxylic acids is 1. The molecule has 0 spiro atoms. The molecule has 0 radical (unpaired) electrons. The van der Waals surface area contributed by atoms with Gasteiger partial charge in [0, 0.05) is 18.0 Å². The number of ether oxygens (including phenoxy) is 1. The second kappa shape index (κ2) is 5.86. The van der Waals surface area contributed by atoms with Gasteiger partial charge in [0.1, 0.15) is 6.61 Å². The highest BCUT2D eigenvalue weighted by atomic mass is 32.1. The van der Waals surface area contributed by atoms with E-state index in [4.69, 9.17) is 9.84 Å². The smallest absolute Gasteiger partial charge is 0.410 e. The predicted octanol–water partition coefficient (Wildman–Crippen LogP) is 2.18. The number of hydrogen-bond donors (Lipinski definition) is 1. The van der Waals surface area contributed by atoms with E-state index >= 15 is 0 Å². The zero-order chi connectivity index (χ0) is 13.0. The van der Waals surface area contributed by atoms with E-state index in [2.05, 4.69) is 0 Å². The third-order valence-corrected chi connectivity index (χ3v) is 3.80. The molecule has 1 fully saturated rings. The number of thiophene rings is 1. The van der Waals surface area contributed by atoms with Gasteiger partial charge in [-0.15, -0.1) is 11.3 Å². The van der Waals surface area contributed by atoms with Gasteiger partial charge in [-0.2, -0.15) is 0 Å². The van der Waals surface area contributed by atoms with Gasteiger partial charge < -0.3 is 14.7 Å². The molecule has 1 aliphatic rings. The highest BCUT2D eigenvalue weighted by Crippen LogP contribution is 2.18. The van der Waals surface area contributed by atoms with Crippen LogP contribution in [0.1, 0.15) is 17.7 Å². The average molecular weight is 269 g/mol. The summed E-state index contributed by atoms with van der Waals surface area (Å²) in [5, 5.41) is 10.9. The summed E-state index contributed by atoms with van der Waals surface area (Å²) in [7, 11) is 0. The molecule has 0 aromatic carbocycles. The normalized spacial score (nSPS) is 19.6. The van der Waals surface area contributed by atoms with E-state index in [1.54, 1.807) is 0 Å². The van der Waals surface area contributed by atoms with Crippen LogP contribution in [0.2, 0.25) is 0 Å². The average Bonchev–Trinajstić information content (AvgIpc) is 2.89. The summed E-state index contributed by atoms with van der Waals surface area (Å²) in [4.78, 5) is 25.1. The monoisotopic (exact) mass is 269 g/mol. The highest BCUT2D eigenvalue weighted by Gasteiger charge is 2.28. The van der Waals surface area contributed by atoms with E-state index in [1.807, 2.05) is 17.5 Å². The summed E-state index contributed by atoms with van der Waals surface area (Å²) in [6.45, 7) is 1.08. The number of carbonyl (C=O) groups is 2. The molecule has 0 aliphatic carbocycles. The van der Waals surface area contributed by atoms with Crippen LogP contribution in [-0.4, -0.2) is 35.2 Å². The number of hydrogen-bond acceptors (Lipinski definition) is 4. The Labute approximate surface area is 109 Å². The van der Waals surface area contributed by atoms with Crippen LogP contribution in [0.25, 0.3) is 0 Å². The molecular weight excluding hydrogens is 254 g/mol. The second-order valence-corrected chi connectivity index (χ2v) is 5.29. The molecule has 2 heterocycles. The lowest BCUT2D eigenvalue weighted by Crippen LogP contribution is -2.42. The molecule has 1 unspecified atom stereocenters. The van der Waals surface area contributed by atoms with Crippen LogP contribution in [0.5, 0.6) is 0 Å². The molecule has 1 amide bonds. The first-order valence-corrected chi connectivity index (χ1v) is 6.71. The summed E-state index contributed by atoms with van der Waals surface area (Å²) in [6, 6.07) is 3.80. The first-order valence-electron chi connectivity index (χ1n) is 5.83. The van der Waals surface area contributed by atoms with Crippen LogP contribution in [0.15, 0.2) is 17.5 Å². The van der Waals surface area contributed by atoms with Crippen molar-refractivity contribution in [2.45, 2.75) is 19.4 Å². The fourth-order valence-electron chi connectivity index (χ4n) is 1.96. The van der Waals surface area contributed by atoms with E-state index in [0.29, 0.717) is 19.4 Å². The van der Waals surface area contributed by atoms with E-state index < -0.39 is 18.0 Å². The van der Waals surface area contributed by atoms with E-state index in [-0.39, 0.29) is 13.2 Å². The van der Waals surface area contributed by atoms with Gasteiger partial charge in [-0.25, -0.2) is 4.79 Å². The number of carboxylic acids is 1. The molecule has 1 aromatic heterocycles. The van der Waals surface area contributed by atoms with Gasteiger partial charge in [0.25, 0.3) is 0 Å². The van der Waals surface area contributed by atoms with Crippen molar-refractivity contribution in [1.29, 1.82) is 0 Å². The van der Waals surface area contributed by atoms with Crippen molar-refractivity contribution in [3.05, 3.63) is 22.4 Å². The number of carboxylic acid groups (broad SMARTS) is 1. The fourth-order valence-corrected chi connectivity index (χ4v) is 2.58. The number of amides is 1. The summed E-state index contributed by atoms with van der Waals surface area (Å²) < 4.78 is 5.16. The lowest BCUT2D eigenvalue weighted by molar-refractivity contribution is -0.143. The quantitative estimate of drug-likeness (QED) is 0.913. The number of likely N-dealkylation sites (tertiary alicyclic amines) is 1. The Hall–Kier alpha value is -1.56. The Morgan fingerprint density at radius 1 is 1.56 bits per heavy atom. The standard InChI is InChI=1S/C12H15NO4S/c14-11(15)9-3-1-5-13(7-9)12(16)17-8-10-4-2-6-18-10/h2,4,6,9H,1,3,5,7-8H2,(H,14,15). The Balaban J connectivity index is 1.83. The molecule has 1 aliphatic heterocycles. The second-order valence-electron chi connectivity index (χ2n) is 4.26. The van der Waals surface area contributed by atoms with Gasteiger partial charge in [0.15, 0.2) is 0 Å². The molecule has 98 valence electrons. The topological polar surface area (TPSA) is 66.8 Å². The summed E-state index contributed by atoms with van der Waals surface area (Å²) >= 11 is 1.53. The molecule has 18 heavy (non-hydrogen) atoms. The zero-order valence-electron chi connectivity index (χ0n) is 9.87. The minimum Gasteiger partial charge on any atom is -0.481 e. The number of carbonyl (C=O) groups excluding carboxylic acids is 1. The maximum absolute atomic E-state index is 11.8. The summed E-state index contributed by atoms with van der Waals surface area (Å²) in [5.41, 5.74) is 0. The van der Waals surface area contributed by atoms with Gasteiger partial charge >= 0.3 is 12.1 Å². The van der Waals surface area contributed by atoms with Crippen molar-refractivity contribution >= 4 is 23.4 Å². The van der Waals surface area contributed by atoms with Crippen molar-refractivity contribution in [1.82, 2.24) is 4.90 Å². The Morgan fingerprint density at radius 3 is 3.06 bits per heavy atom.